The predicted octanol–water partition coefficient (Wildman–Crippen LogP) is 1.97. The van der Waals surface area contributed by atoms with Crippen LogP contribution in [0.3, 0.4) is 0 Å². The van der Waals surface area contributed by atoms with E-state index < -0.39 is 0 Å². The molecule has 0 saturated heterocycles. The molecule has 1 aromatic rings. The number of benzene rings is 1. The first kappa shape index (κ1) is 18.5. The fourth-order valence-corrected chi connectivity index (χ4v) is 1.96. The van der Waals surface area contributed by atoms with Crippen molar-refractivity contribution in [2.45, 2.75) is 26.2 Å². The SMILES string of the molecule is CCCNCCNC(=O)CCCNC(=O)c1ccc(Cl)cc1. The van der Waals surface area contributed by atoms with Crippen molar-refractivity contribution in [2.75, 3.05) is 26.2 Å². The van der Waals surface area contributed by atoms with E-state index in [0.29, 0.717) is 36.5 Å². The summed E-state index contributed by atoms with van der Waals surface area (Å²) in [5, 5.41) is 9.43. The molecule has 0 unspecified atom stereocenters. The van der Waals surface area contributed by atoms with Crippen LogP contribution < -0.4 is 16.0 Å². The molecule has 0 bridgehead atoms. The molecule has 2 amide bonds. The molecule has 6 heteroatoms. The molecule has 22 heavy (non-hydrogen) atoms. The summed E-state index contributed by atoms with van der Waals surface area (Å²) in [6.45, 7) is 4.96. The van der Waals surface area contributed by atoms with Crippen molar-refractivity contribution in [1.82, 2.24) is 16.0 Å². The Labute approximate surface area is 136 Å². The van der Waals surface area contributed by atoms with Crippen molar-refractivity contribution in [3.63, 3.8) is 0 Å². The van der Waals surface area contributed by atoms with E-state index in [1.54, 1.807) is 24.3 Å². The largest absolute Gasteiger partial charge is 0.355 e. The van der Waals surface area contributed by atoms with Crippen LogP contribution in [0.2, 0.25) is 5.02 Å². The molecule has 122 valence electrons. The maximum atomic E-state index is 11.8. The molecule has 0 radical (unpaired) electrons. The summed E-state index contributed by atoms with van der Waals surface area (Å²) in [5.74, 6) is -0.139. The van der Waals surface area contributed by atoms with Gasteiger partial charge in [0.05, 0.1) is 0 Å². The van der Waals surface area contributed by atoms with Gasteiger partial charge in [-0.05, 0) is 43.7 Å². The zero-order valence-electron chi connectivity index (χ0n) is 13.0. The van der Waals surface area contributed by atoms with E-state index in [9.17, 15) is 9.59 Å². The summed E-state index contributed by atoms with van der Waals surface area (Å²) in [5.41, 5.74) is 0.566. The molecule has 0 aliphatic heterocycles. The maximum absolute atomic E-state index is 11.8. The minimum atomic E-state index is -0.152. The monoisotopic (exact) mass is 325 g/mol. The van der Waals surface area contributed by atoms with E-state index in [0.717, 1.165) is 19.5 Å². The summed E-state index contributed by atoms with van der Waals surface area (Å²) in [6, 6.07) is 6.70. The third-order valence-corrected chi connectivity index (χ3v) is 3.28. The Kier molecular flexibility index (Phi) is 9.26. The van der Waals surface area contributed by atoms with Crippen LogP contribution in [0.15, 0.2) is 24.3 Å². The second-order valence-electron chi connectivity index (χ2n) is 4.97. The van der Waals surface area contributed by atoms with Crippen molar-refractivity contribution in [3.8, 4) is 0 Å². The Hall–Kier alpha value is -1.59. The molecule has 0 saturated carbocycles. The lowest BCUT2D eigenvalue weighted by Crippen LogP contribution is -2.32. The molecule has 1 rings (SSSR count). The molecule has 0 aliphatic rings. The van der Waals surface area contributed by atoms with E-state index >= 15 is 0 Å². The first-order chi connectivity index (χ1) is 10.6. The lowest BCUT2D eigenvalue weighted by Gasteiger charge is -2.07. The molecule has 3 N–H and O–H groups in total. The molecule has 0 atom stereocenters. The third-order valence-electron chi connectivity index (χ3n) is 3.02. The molecule has 0 fully saturated rings. The Morgan fingerprint density at radius 2 is 1.73 bits per heavy atom. The minimum absolute atomic E-state index is 0.0130. The van der Waals surface area contributed by atoms with Crippen molar-refractivity contribution >= 4 is 23.4 Å². The normalized spacial score (nSPS) is 10.3. The Bertz CT molecular complexity index is 463. The number of carbonyl (C=O) groups is 2. The van der Waals surface area contributed by atoms with Crippen LogP contribution in [-0.4, -0.2) is 38.0 Å². The van der Waals surface area contributed by atoms with Gasteiger partial charge in [-0.2, -0.15) is 0 Å². The van der Waals surface area contributed by atoms with E-state index in [-0.39, 0.29) is 11.8 Å². The van der Waals surface area contributed by atoms with E-state index in [4.69, 9.17) is 11.6 Å². The third kappa shape index (κ3) is 8.00. The number of hydrogen-bond acceptors (Lipinski definition) is 3. The predicted molar refractivity (Wildman–Crippen MR) is 89.2 cm³/mol. The summed E-state index contributed by atoms with van der Waals surface area (Å²) >= 11 is 5.77. The van der Waals surface area contributed by atoms with Gasteiger partial charge in [0.2, 0.25) is 5.91 Å². The van der Waals surface area contributed by atoms with Crippen LogP contribution in [0.5, 0.6) is 0 Å². The topological polar surface area (TPSA) is 70.2 Å². The van der Waals surface area contributed by atoms with Gasteiger partial charge in [-0.25, -0.2) is 0 Å². The zero-order valence-corrected chi connectivity index (χ0v) is 13.7. The molecule has 0 aliphatic carbocycles. The summed E-state index contributed by atoms with van der Waals surface area (Å²) < 4.78 is 0. The first-order valence-corrected chi connectivity index (χ1v) is 8.02. The van der Waals surface area contributed by atoms with Crippen molar-refractivity contribution in [2.24, 2.45) is 0 Å². The summed E-state index contributed by atoms with van der Waals surface area (Å²) in [6.07, 6.45) is 2.11. The van der Waals surface area contributed by atoms with Crippen LogP contribution in [-0.2, 0) is 4.79 Å². The van der Waals surface area contributed by atoms with Gasteiger partial charge in [-0.3, -0.25) is 9.59 Å². The van der Waals surface area contributed by atoms with E-state index in [1.807, 2.05) is 0 Å². The Morgan fingerprint density at radius 1 is 1.00 bits per heavy atom. The summed E-state index contributed by atoms with van der Waals surface area (Å²) in [4.78, 5) is 23.4. The Balaban J connectivity index is 2.08. The average molecular weight is 326 g/mol. The smallest absolute Gasteiger partial charge is 0.251 e. The fourth-order valence-electron chi connectivity index (χ4n) is 1.83. The number of rotatable bonds is 10. The van der Waals surface area contributed by atoms with Gasteiger partial charge in [-0.1, -0.05) is 18.5 Å². The number of amides is 2. The molecule has 0 heterocycles. The van der Waals surface area contributed by atoms with Crippen LogP contribution in [0.4, 0.5) is 0 Å². The standard InChI is InChI=1S/C16H24ClN3O2/c1-2-9-18-11-12-19-15(21)4-3-10-20-16(22)13-5-7-14(17)8-6-13/h5-8,18H,2-4,9-12H2,1H3,(H,19,21)(H,20,22). The van der Waals surface area contributed by atoms with Gasteiger partial charge in [0, 0.05) is 36.6 Å². The highest BCUT2D eigenvalue weighted by Crippen LogP contribution is 2.09. The molecule has 1 aromatic carbocycles. The van der Waals surface area contributed by atoms with Gasteiger partial charge in [-0.15, -0.1) is 0 Å². The van der Waals surface area contributed by atoms with E-state index in [2.05, 4.69) is 22.9 Å². The molecular formula is C16H24ClN3O2. The highest BCUT2D eigenvalue weighted by molar-refractivity contribution is 6.30. The zero-order chi connectivity index (χ0) is 16.2. The quantitative estimate of drug-likeness (QED) is 0.576. The average Bonchev–Trinajstić information content (AvgIpc) is 2.52. The van der Waals surface area contributed by atoms with Gasteiger partial charge in [0.25, 0.3) is 5.91 Å². The van der Waals surface area contributed by atoms with Gasteiger partial charge < -0.3 is 16.0 Å². The van der Waals surface area contributed by atoms with Gasteiger partial charge >= 0.3 is 0 Å². The fraction of sp³-hybridized carbons (Fsp3) is 0.500. The number of hydrogen-bond donors (Lipinski definition) is 3. The van der Waals surface area contributed by atoms with Crippen molar-refractivity contribution in [1.29, 1.82) is 0 Å². The molecule has 5 nitrogen and oxygen atoms in total. The van der Waals surface area contributed by atoms with E-state index in [1.165, 1.54) is 0 Å². The lowest BCUT2D eigenvalue weighted by molar-refractivity contribution is -0.121. The second-order valence-corrected chi connectivity index (χ2v) is 5.40. The molecule has 0 spiro atoms. The molecule has 0 aromatic heterocycles. The van der Waals surface area contributed by atoms with Crippen molar-refractivity contribution in [3.05, 3.63) is 34.9 Å². The van der Waals surface area contributed by atoms with Crippen molar-refractivity contribution < 1.29 is 9.59 Å². The van der Waals surface area contributed by atoms with Crippen LogP contribution in [0.1, 0.15) is 36.5 Å². The Morgan fingerprint density at radius 3 is 2.41 bits per heavy atom. The molecular weight excluding hydrogens is 302 g/mol. The summed E-state index contributed by atoms with van der Waals surface area (Å²) in [7, 11) is 0. The lowest BCUT2D eigenvalue weighted by atomic mass is 10.2. The van der Waals surface area contributed by atoms with Gasteiger partial charge in [0.1, 0.15) is 0 Å². The van der Waals surface area contributed by atoms with Crippen LogP contribution in [0, 0.1) is 0 Å². The highest BCUT2D eigenvalue weighted by Gasteiger charge is 2.05. The first-order valence-electron chi connectivity index (χ1n) is 7.64. The van der Waals surface area contributed by atoms with Gasteiger partial charge in [0.15, 0.2) is 0 Å². The highest BCUT2D eigenvalue weighted by atomic mass is 35.5. The number of nitrogens with one attached hydrogen (secondary N) is 3. The number of halogens is 1. The maximum Gasteiger partial charge on any atom is 0.251 e. The minimum Gasteiger partial charge on any atom is -0.355 e. The van der Waals surface area contributed by atoms with Crippen LogP contribution in [0.25, 0.3) is 0 Å². The number of carbonyl (C=O) groups excluding carboxylic acids is 2. The second kappa shape index (κ2) is 11.0. The van der Waals surface area contributed by atoms with Crippen LogP contribution >= 0.6 is 11.6 Å².